The molecule has 2 nitrogen and oxygen atoms in total. The summed E-state index contributed by atoms with van der Waals surface area (Å²) in [4.78, 5) is 0. The molecule has 0 aliphatic heterocycles. The third kappa shape index (κ3) is 15.0. The summed E-state index contributed by atoms with van der Waals surface area (Å²) < 4.78 is 0. The third-order valence-corrected chi connectivity index (χ3v) is 7.46. The number of benzene rings is 1. The molecule has 0 heterocycles. The summed E-state index contributed by atoms with van der Waals surface area (Å²) in [6.45, 7) is 2.66. The molecule has 1 aromatic carbocycles. The number of rotatable bonds is 16. The van der Waals surface area contributed by atoms with Gasteiger partial charge < -0.3 is 10.2 Å². The van der Waals surface area contributed by atoms with Crippen LogP contribution in [0.1, 0.15) is 110 Å². The first-order valence-electron chi connectivity index (χ1n) is 11.7. The Hall–Kier alpha value is 0.430. The van der Waals surface area contributed by atoms with Crippen molar-refractivity contribution in [3.05, 3.63) is 25.1 Å². The molecule has 182 valence electrons. The van der Waals surface area contributed by atoms with Gasteiger partial charge in [0.15, 0.2) is 5.75 Å². The van der Waals surface area contributed by atoms with Crippen LogP contribution in [0.4, 0.5) is 0 Å². The van der Waals surface area contributed by atoms with E-state index in [0.717, 1.165) is 6.42 Å². The Morgan fingerprint density at radius 2 is 0.710 bits per heavy atom. The van der Waals surface area contributed by atoms with Gasteiger partial charge in [-0.25, -0.2) is 0 Å². The van der Waals surface area contributed by atoms with Crippen LogP contribution in [0.5, 0.6) is 5.75 Å². The fourth-order valence-corrected chi connectivity index (χ4v) is 4.38. The Kier molecular flexibility index (Phi) is 21.3. The maximum atomic E-state index is 9.20. The molecule has 1 rings (SSSR count). The van der Waals surface area contributed by atoms with Crippen molar-refractivity contribution in [1.29, 1.82) is 0 Å². The van der Waals surface area contributed by atoms with Crippen molar-refractivity contribution in [3.8, 4) is 5.75 Å². The van der Waals surface area contributed by atoms with E-state index in [0.29, 0.717) is 6.61 Å². The van der Waals surface area contributed by atoms with Crippen LogP contribution in [0.15, 0.2) is 0 Å². The second kappa shape index (κ2) is 21.0. The molecule has 0 amide bonds. The van der Waals surface area contributed by atoms with Gasteiger partial charge in [0, 0.05) is 6.61 Å². The lowest BCUT2D eigenvalue weighted by Crippen LogP contribution is -1.85. The molecular formula is C24H39Cl5O2. The van der Waals surface area contributed by atoms with Crippen molar-refractivity contribution in [2.45, 2.75) is 110 Å². The Morgan fingerprint density at radius 3 is 1.00 bits per heavy atom. The van der Waals surface area contributed by atoms with E-state index in [9.17, 15) is 5.11 Å². The molecule has 2 N–H and O–H groups in total. The van der Waals surface area contributed by atoms with Crippen molar-refractivity contribution in [3.63, 3.8) is 0 Å². The topological polar surface area (TPSA) is 40.5 Å². The first-order chi connectivity index (χ1) is 14.9. The number of hydrogen-bond donors (Lipinski definition) is 2. The van der Waals surface area contributed by atoms with Crippen LogP contribution in [0.3, 0.4) is 0 Å². The summed E-state index contributed by atoms with van der Waals surface area (Å²) in [5.74, 6) is -0.363. The molecule has 0 aliphatic carbocycles. The Morgan fingerprint density at radius 1 is 0.452 bits per heavy atom. The lowest BCUT2D eigenvalue weighted by molar-refractivity contribution is 0.282. The molecule has 31 heavy (non-hydrogen) atoms. The fourth-order valence-electron chi connectivity index (χ4n) is 3.25. The van der Waals surface area contributed by atoms with E-state index in [1.54, 1.807) is 0 Å². The monoisotopic (exact) mass is 534 g/mol. The summed E-state index contributed by atoms with van der Waals surface area (Å²) in [6, 6.07) is 0. The molecule has 7 heteroatoms. The van der Waals surface area contributed by atoms with Gasteiger partial charge >= 0.3 is 0 Å². The summed E-state index contributed by atoms with van der Waals surface area (Å²) in [5.41, 5.74) is 0. The van der Waals surface area contributed by atoms with Crippen molar-refractivity contribution in [2.75, 3.05) is 6.61 Å². The fraction of sp³-hybridized carbons (Fsp3) is 0.750. The first kappa shape index (κ1) is 31.4. The van der Waals surface area contributed by atoms with Gasteiger partial charge in [0.1, 0.15) is 10.0 Å². The molecule has 0 atom stereocenters. The molecule has 0 saturated carbocycles. The molecule has 0 unspecified atom stereocenters. The minimum atomic E-state index is -0.363. The molecule has 0 saturated heterocycles. The largest absolute Gasteiger partial charge is 0.505 e. The second-order valence-electron chi connectivity index (χ2n) is 7.95. The SMILES string of the molecule is CCCCCCCCCCCCCCCCCCO.Oc1c(Cl)c(Cl)c(Cl)c(Cl)c1Cl. The third-order valence-electron chi connectivity index (χ3n) is 5.20. The average Bonchev–Trinajstić information content (AvgIpc) is 2.78. The number of aliphatic hydroxyl groups excluding tert-OH is 1. The van der Waals surface area contributed by atoms with Gasteiger partial charge in [-0.1, -0.05) is 161 Å². The lowest BCUT2D eigenvalue weighted by Gasteiger charge is -2.06. The molecule has 0 aliphatic rings. The number of unbranched alkanes of at least 4 members (excludes halogenated alkanes) is 15. The van der Waals surface area contributed by atoms with Gasteiger partial charge in [0.2, 0.25) is 0 Å². The summed E-state index contributed by atoms with van der Waals surface area (Å²) >= 11 is 27.9. The van der Waals surface area contributed by atoms with Crippen LogP contribution in [0.25, 0.3) is 0 Å². The second-order valence-corrected chi connectivity index (χ2v) is 9.84. The van der Waals surface area contributed by atoms with Crippen molar-refractivity contribution < 1.29 is 10.2 Å². The van der Waals surface area contributed by atoms with Crippen molar-refractivity contribution in [1.82, 2.24) is 0 Å². The predicted octanol–water partition coefficient (Wildman–Crippen LogP) is 10.9. The maximum absolute atomic E-state index is 9.20. The minimum absolute atomic E-state index is 0.00904. The van der Waals surface area contributed by atoms with Gasteiger partial charge in [-0.05, 0) is 6.42 Å². The van der Waals surface area contributed by atoms with E-state index < -0.39 is 0 Å². The summed E-state index contributed by atoms with van der Waals surface area (Å²) in [7, 11) is 0. The average molecular weight is 537 g/mol. The highest BCUT2D eigenvalue weighted by molar-refractivity contribution is 6.55. The number of aromatic hydroxyl groups is 1. The zero-order chi connectivity index (χ0) is 23.5. The highest BCUT2D eigenvalue weighted by Crippen LogP contribution is 2.47. The number of halogens is 5. The Bertz CT molecular complexity index is 461. The molecule has 0 spiro atoms. The molecular weight excluding hydrogens is 498 g/mol. The van der Waals surface area contributed by atoms with E-state index in [4.69, 9.17) is 63.1 Å². The van der Waals surface area contributed by atoms with Crippen LogP contribution in [0.2, 0.25) is 25.1 Å². The highest BCUT2D eigenvalue weighted by Gasteiger charge is 2.18. The zero-order valence-corrected chi connectivity index (χ0v) is 22.6. The zero-order valence-electron chi connectivity index (χ0n) is 18.8. The van der Waals surface area contributed by atoms with Gasteiger partial charge in [-0.3, -0.25) is 0 Å². The van der Waals surface area contributed by atoms with Crippen LogP contribution in [-0.4, -0.2) is 16.8 Å². The normalized spacial score (nSPS) is 10.8. The highest BCUT2D eigenvalue weighted by atomic mass is 35.5. The summed E-state index contributed by atoms with van der Waals surface area (Å²) in [6.07, 6.45) is 22.2. The van der Waals surface area contributed by atoms with Crippen LogP contribution >= 0.6 is 58.0 Å². The van der Waals surface area contributed by atoms with Crippen LogP contribution in [-0.2, 0) is 0 Å². The van der Waals surface area contributed by atoms with E-state index >= 15 is 0 Å². The van der Waals surface area contributed by atoms with Crippen molar-refractivity contribution >= 4 is 58.0 Å². The lowest BCUT2D eigenvalue weighted by atomic mass is 10.0. The number of aliphatic hydroxyl groups is 1. The molecule has 1 aromatic rings. The molecule has 0 aromatic heterocycles. The number of hydrogen-bond acceptors (Lipinski definition) is 2. The van der Waals surface area contributed by atoms with Crippen molar-refractivity contribution in [2.24, 2.45) is 0 Å². The van der Waals surface area contributed by atoms with E-state index in [2.05, 4.69) is 6.92 Å². The molecule has 0 bridgehead atoms. The van der Waals surface area contributed by atoms with Crippen LogP contribution < -0.4 is 0 Å². The Labute approximate surface area is 214 Å². The Balaban J connectivity index is 0.000000639. The quantitative estimate of drug-likeness (QED) is 0.125. The molecule has 0 radical (unpaired) electrons. The first-order valence-corrected chi connectivity index (χ1v) is 13.6. The standard InChI is InChI=1S/C18H38O.C6HCl5O/c1-2-3-4-5-6-7-8-9-10-11-12-13-14-15-16-17-18-19;7-1-2(8)4(10)6(12)5(11)3(1)9/h19H,2-18H2,1H3;12H. The smallest absolute Gasteiger partial charge is 0.155 e. The maximum Gasteiger partial charge on any atom is 0.155 e. The van der Waals surface area contributed by atoms with Gasteiger partial charge in [-0.2, -0.15) is 0 Å². The number of phenols is 1. The van der Waals surface area contributed by atoms with E-state index in [1.807, 2.05) is 0 Å². The van der Waals surface area contributed by atoms with Gasteiger partial charge in [0.05, 0.1) is 15.1 Å². The molecule has 0 fully saturated rings. The van der Waals surface area contributed by atoms with E-state index in [-0.39, 0.29) is 30.9 Å². The van der Waals surface area contributed by atoms with E-state index in [1.165, 1.54) is 96.3 Å². The van der Waals surface area contributed by atoms with Gasteiger partial charge in [0.25, 0.3) is 0 Å². The summed E-state index contributed by atoms with van der Waals surface area (Å²) in [5, 5.41) is 17.7. The number of phenolic OH excluding ortho intramolecular Hbond substituents is 1. The predicted molar refractivity (Wildman–Crippen MR) is 140 cm³/mol. The minimum Gasteiger partial charge on any atom is -0.505 e. The van der Waals surface area contributed by atoms with Gasteiger partial charge in [-0.15, -0.1) is 0 Å². The van der Waals surface area contributed by atoms with Crippen LogP contribution in [0, 0.1) is 0 Å².